The number of aliphatic hydroxyl groups is 3. The maximum absolute atomic E-state index is 10.8. The number of hydrogen-bond acceptors (Lipinski definition) is 3. The van der Waals surface area contributed by atoms with Gasteiger partial charge < -0.3 is 15.3 Å². The van der Waals surface area contributed by atoms with Crippen molar-refractivity contribution in [1.29, 1.82) is 0 Å². The Hall–Kier alpha value is -0.120. The van der Waals surface area contributed by atoms with Gasteiger partial charge in [-0.1, -0.05) is 13.8 Å². The van der Waals surface area contributed by atoms with E-state index >= 15 is 0 Å². The molecule has 126 valence electrons. The second-order valence-electron chi connectivity index (χ2n) is 9.30. The molecule has 3 nitrogen and oxygen atoms in total. The summed E-state index contributed by atoms with van der Waals surface area (Å²) >= 11 is 0. The Morgan fingerprint density at radius 3 is 2.32 bits per heavy atom. The van der Waals surface area contributed by atoms with Crippen molar-refractivity contribution >= 4 is 0 Å². The maximum Gasteiger partial charge on any atom is 0.0623 e. The summed E-state index contributed by atoms with van der Waals surface area (Å²) in [6, 6.07) is 0. The third-order valence-electron chi connectivity index (χ3n) is 8.68. The molecule has 0 spiro atoms. The lowest BCUT2D eigenvalue weighted by Crippen LogP contribution is -2.59. The third-order valence-corrected chi connectivity index (χ3v) is 8.68. The summed E-state index contributed by atoms with van der Waals surface area (Å²) in [6.07, 6.45) is 7.41. The normalized spacial score (nSPS) is 61.2. The molecule has 0 aromatic carbocycles. The van der Waals surface area contributed by atoms with Gasteiger partial charge in [0.1, 0.15) is 0 Å². The zero-order valence-corrected chi connectivity index (χ0v) is 14.0. The summed E-state index contributed by atoms with van der Waals surface area (Å²) in [5.41, 5.74) is 0.0977. The van der Waals surface area contributed by atoms with Crippen molar-refractivity contribution in [2.45, 2.75) is 83.5 Å². The van der Waals surface area contributed by atoms with Gasteiger partial charge in [-0.25, -0.2) is 0 Å². The van der Waals surface area contributed by atoms with E-state index in [0.717, 1.165) is 38.5 Å². The van der Waals surface area contributed by atoms with Gasteiger partial charge in [-0.15, -0.1) is 0 Å². The van der Waals surface area contributed by atoms with E-state index in [1.165, 1.54) is 6.42 Å². The van der Waals surface area contributed by atoms with Crippen molar-refractivity contribution in [3.05, 3.63) is 0 Å². The minimum absolute atomic E-state index is 0.0168. The Labute approximate surface area is 134 Å². The molecule has 0 aliphatic heterocycles. The molecule has 3 N–H and O–H groups in total. The largest absolute Gasteiger partial charge is 0.393 e. The van der Waals surface area contributed by atoms with E-state index in [2.05, 4.69) is 13.8 Å². The van der Waals surface area contributed by atoms with Crippen molar-refractivity contribution in [3.63, 3.8) is 0 Å². The van der Waals surface area contributed by atoms with Crippen LogP contribution in [0.1, 0.15) is 65.2 Å². The smallest absolute Gasteiger partial charge is 0.0623 e. The first-order chi connectivity index (χ1) is 10.4. The lowest BCUT2D eigenvalue weighted by atomic mass is 9.44. The predicted molar refractivity (Wildman–Crippen MR) is 85.1 cm³/mol. The Balaban J connectivity index is 1.66. The van der Waals surface area contributed by atoms with Crippen LogP contribution in [-0.2, 0) is 0 Å². The summed E-state index contributed by atoms with van der Waals surface area (Å²) in [6.45, 7) is 4.61. The molecule has 4 saturated carbocycles. The lowest BCUT2D eigenvalue weighted by Gasteiger charge is -2.62. The molecule has 9 atom stereocenters. The minimum atomic E-state index is -0.357. The Morgan fingerprint density at radius 2 is 1.55 bits per heavy atom. The van der Waals surface area contributed by atoms with Crippen molar-refractivity contribution < 1.29 is 15.3 Å². The first-order valence-electron chi connectivity index (χ1n) is 9.41. The topological polar surface area (TPSA) is 60.7 Å². The highest BCUT2D eigenvalue weighted by Gasteiger charge is 2.62. The molecule has 0 heterocycles. The van der Waals surface area contributed by atoms with Crippen LogP contribution in [0.5, 0.6) is 0 Å². The van der Waals surface area contributed by atoms with E-state index < -0.39 is 0 Å². The number of fused-ring (bicyclic) bond motifs is 5. The van der Waals surface area contributed by atoms with Crippen LogP contribution >= 0.6 is 0 Å². The van der Waals surface area contributed by atoms with Crippen molar-refractivity contribution in [3.8, 4) is 0 Å². The second-order valence-corrected chi connectivity index (χ2v) is 9.30. The van der Waals surface area contributed by atoms with Crippen LogP contribution in [0.2, 0.25) is 0 Å². The Morgan fingerprint density at radius 1 is 0.773 bits per heavy atom. The van der Waals surface area contributed by atoms with E-state index in [1.807, 2.05) is 0 Å². The van der Waals surface area contributed by atoms with Crippen molar-refractivity contribution in [2.75, 3.05) is 0 Å². The van der Waals surface area contributed by atoms with Crippen LogP contribution in [0.15, 0.2) is 0 Å². The van der Waals surface area contributed by atoms with Gasteiger partial charge in [0.05, 0.1) is 18.3 Å². The molecule has 22 heavy (non-hydrogen) atoms. The SMILES string of the molecule is C[C@]12CC[C@H]3[C@@H](CCC4C[C@H](O)C[C@H](O)[C@@]43C)[C@@H]1CC[C@@H]2O. The Bertz CT molecular complexity index is 452. The fraction of sp³-hybridized carbons (Fsp3) is 1.00. The molecule has 0 amide bonds. The molecule has 0 radical (unpaired) electrons. The minimum Gasteiger partial charge on any atom is -0.393 e. The highest BCUT2D eigenvalue weighted by atomic mass is 16.3. The summed E-state index contributed by atoms with van der Waals surface area (Å²) < 4.78 is 0. The molecule has 0 aromatic heterocycles. The van der Waals surface area contributed by atoms with Gasteiger partial charge in [0.2, 0.25) is 0 Å². The standard InChI is InChI=1S/C19H32O3/c1-18-8-7-15-13(14(18)5-6-16(18)21)4-3-11-9-12(20)10-17(22)19(11,15)2/h11-17,20-22H,3-10H2,1-2H3/t11?,12-,13-,14-,15-,16-,17-,18-,19-/m0/s1. The summed E-state index contributed by atoms with van der Waals surface area (Å²) in [7, 11) is 0. The molecule has 4 fully saturated rings. The van der Waals surface area contributed by atoms with Crippen LogP contribution in [-0.4, -0.2) is 33.6 Å². The molecular formula is C19H32O3. The average molecular weight is 308 g/mol. The van der Waals surface area contributed by atoms with Crippen molar-refractivity contribution in [1.82, 2.24) is 0 Å². The number of rotatable bonds is 0. The molecule has 0 aromatic rings. The van der Waals surface area contributed by atoms with E-state index in [9.17, 15) is 15.3 Å². The fourth-order valence-corrected chi connectivity index (χ4v) is 7.27. The monoisotopic (exact) mass is 308 g/mol. The first-order valence-corrected chi connectivity index (χ1v) is 9.41. The molecule has 0 bridgehead atoms. The first kappa shape index (κ1) is 15.4. The predicted octanol–water partition coefficient (Wildman–Crippen LogP) is 2.72. The average Bonchev–Trinajstić information content (AvgIpc) is 2.77. The summed E-state index contributed by atoms with van der Waals surface area (Å²) in [5.74, 6) is 2.36. The quantitative estimate of drug-likeness (QED) is 0.645. The molecule has 3 heteroatoms. The van der Waals surface area contributed by atoms with Crippen LogP contribution in [0.3, 0.4) is 0 Å². The summed E-state index contributed by atoms with van der Waals surface area (Å²) in [5, 5.41) is 31.4. The summed E-state index contributed by atoms with van der Waals surface area (Å²) in [4.78, 5) is 0. The molecule has 4 aliphatic rings. The zero-order valence-electron chi connectivity index (χ0n) is 14.0. The molecule has 4 rings (SSSR count). The van der Waals surface area contributed by atoms with Gasteiger partial charge in [0.15, 0.2) is 0 Å². The van der Waals surface area contributed by atoms with Gasteiger partial charge >= 0.3 is 0 Å². The number of hydrogen-bond donors (Lipinski definition) is 3. The fourth-order valence-electron chi connectivity index (χ4n) is 7.27. The van der Waals surface area contributed by atoms with Gasteiger partial charge in [-0.05, 0) is 85.9 Å². The molecule has 4 aliphatic carbocycles. The van der Waals surface area contributed by atoms with E-state index in [4.69, 9.17) is 0 Å². The van der Waals surface area contributed by atoms with E-state index in [-0.39, 0.29) is 29.1 Å². The molecule has 0 saturated heterocycles. The van der Waals surface area contributed by atoms with E-state index in [0.29, 0.717) is 30.1 Å². The van der Waals surface area contributed by atoms with Gasteiger partial charge in [-0.2, -0.15) is 0 Å². The number of aliphatic hydroxyl groups excluding tert-OH is 3. The highest BCUT2D eigenvalue weighted by Crippen LogP contribution is 2.66. The van der Waals surface area contributed by atoms with Gasteiger partial charge in [0, 0.05) is 0 Å². The van der Waals surface area contributed by atoms with E-state index in [1.54, 1.807) is 0 Å². The van der Waals surface area contributed by atoms with Crippen molar-refractivity contribution in [2.24, 2.45) is 34.5 Å². The van der Waals surface area contributed by atoms with Crippen LogP contribution in [0, 0.1) is 34.5 Å². The highest BCUT2D eigenvalue weighted by molar-refractivity contribution is 5.11. The van der Waals surface area contributed by atoms with Crippen LogP contribution in [0.25, 0.3) is 0 Å². The molecular weight excluding hydrogens is 276 g/mol. The Kier molecular flexibility index (Phi) is 3.46. The van der Waals surface area contributed by atoms with Crippen LogP contribution < -0.4 is 0 Å². The van der Waals surface area contributed by atoms with Gasteiger partial charge in [0.25, 0.3) is 0 Å². The second kappa shape index (κ2) is 4.94. The zero-order chi connectivity index (χ0) is 15.7. The lowest BCUT2D eigenvalue weighted by molar-refractivity contribution is -0.183. The third kappa shape index (κ3) is 1.85. The molecule has 1 unspecified atom stereocenters. The van der Waals surface area contributed by atoms with Crippen LogP contribution in [0.4, 0.5) is 0 Å². The maximum atomic E-state index is 10.8. The van der Waals surface area contributed by atoms with Gasteiger partial charge in [-0.3, -0.25) is 0 Å².